The van der Waals surface area contributed by atoms with Gasteiger partial charge in [-0.2, -0.15) is 5.10 Å². The predicted octanol–water partition coefficient (Wildman–Crippen LogP) is 3.28. The summed E-state index contributed by atoms with van der Waals surface area (Å²) >= 11 is 0. The number of nitrogens with one attached hydrogen (secondary N) is 1. The molecule has 1 atom stereocenters. The monoisotopic (exact) mass is 243 g/mol. The molecule has 0 spiro atoms. The van der Waals surface area contributed by atoms with Gasteiger partial charge in [0.25, 0.3) is 0 Å². The van der Waals surface area contributed by atoms with Crippen molar-refractivity contribution >= 4 is 0 Å². The van der Waals surface area contributed by atoms with Crippen LogP contribution in [0, 0.1) is 0 Å². The molecular formula is C15H21N3. The van der Waals surface area contributed by atoms with Crippen LogP contribution in [0.15, 0.2) is 36.5 Å². The van der Waals surface area contributed by atoms with E-state index in [1.54, 1.807) is 0 Å². The number of hydrogen-bond acceptors (Lipinski definition) is 2. The average molecular weight is 243 g/mol. The molecule has 3 nitrogen and oxygen atoms in total. The van der Waals surface area contributed by atoms with E-state index >= 15 is 0 Å². The zero-order valence-electron chi connectivity index (χ0n) is 11.5. The van der Waals surface area contributed by atoms with Gasteiger partial charge < -0.3 is 5.32 Å². The third kappa shape index (κ3) is 2.62. The summed E-state index contributed by atoms with van der Waals surface area (Å²) in [6.07, 6.45) is 2.02. The molecule has 18 heavy (non-hydrogen) atoms. The molecule has 1 aromatic heterocycles. The van der Waals surface area contributed by atoms with Crippen molar-refractivity contribution < 1.29 is 0 Å². The van der Waals surface area contributed by atoms with E-state index in [-0.39, 0.29) is 0 Å². The molecular weight excluding hydrogens is 222 g/mol. The summed E-state index contributed by atoms with van der Waals surface area (Å²) in [4.78, 5) is 0. The van der Waals surface area contributed by atoms with Gasteiger partial charge in [0.15, 0.2) is 0 Å². The molecule has 0 saturated carbocycles. The van der Waals surface area contributed by atoms with Crippen LogP contribution in [-0.4, -0.2) is 16.8 Å². The van der Waals surface area contributed by atoms with Crippen molar-refractivity contribution in [3.8, 4) is 5.69 Å². The van der Waals surface area contributed by atoms with Crippen LogP contribution in [0.5, 0.6) is 0 Å². The van der Waals surface area contributed by atoms with Crippen LogP contribution in [0.3, 0.4) is 0 Å². The van der Waals surface area contributed by atoms with E-state index in [0.717, 1.165) is 11.4 Å². The molecule has 2 rings (SSSR count). The van der Waals surface area contributed by atoms with Gasteiger partial charge in [-0.3, -0.25) is 0 Å². The molecule has 96 valence electrons. The fourth-order valence-electron chi connectivity index (χ4n) is 1.87. The van der Waals surface area contributed by atoms with E-state index in [0.29, 0.717) is 12.0 Å². The van der Waals surface area contributed by atoms with E-state index < -0.39 is 0 Å². The lowest BCUT2D eigenvalue weighted by atomic mass is 10.1. The smallest absolute Gasteiger partial charge is 0.0654 e. The summed E-state index contributed by atoms with van der Waals surface area (Å²) in [6.45, 7) is 6.47. The van der Waals surface area contributed by atoms with E-state index in [1.807, 2.05) is 17.9 Å². The second-order valence-corrected chi connectivity index (χ2v) is 4.94. The summed E-state index contributed by atoms with van der Waals surface area (Å²) in [7, 11) is 1.97. The molecule has 1 N–H and O–H groups in total. The quantitative estimate of drug-likeness (QED) is 0.893. The molecule has 0 radical (unpaired) electrons. The minimum Gasteiger partial charge on any atom is -0.313 e. The Morgan fingerprint density at radius 3 is 2.22 bits per heavy atom. The van der Waals surface area contributed by atoms with Crippen LogP contribution in [0.4, 0.5) is 0 Å². The number of hydrogen-bond donors (Lipinski definition) is 1. The minimum absolute atomic E-state index is 0.378. The van der Waals surface area contributed by atoms with Crippen LogP contribution in [0.2, 0.25) is 0 Å². The minimum atomic E-state index is 0.378. The van der Waals surface area contributed by atoms with Crippen molar-refractivity contribution in [2.75, 3.05) is 7.05 Å². The van der Waals surface area contributed by atoms with Gasteiger partial charge in [0.2, 0.25) is 0 Å². The van der Waals surface area contributed by atoms with Gasteiger partial charge >= 0.3 is 0 Å². The highest BCUT2D eigenvalue weighted by Gasteiger charge is 2.06. The zero-order valence-corrected chi connectivity index (χ0v) is 11.5. The van der Waals surface area contributed by atoms with E-state index in [2.05, 4.69) is 61.5 Å². The van der Waals surface area contributed by atoms with Gasteiger partial charge in [-0.15, -0.1) is 0 Å². The molecule has 1 aromatic carbocycles. The van der Waals surface area contributed by atoms with Crippen molar-refractivity contribution in [2.45, 2.75) is 32.7 Å². The maximum atomic E-state index is 4.58. The molecule has 1 heterocycles. The Bertz CT molecular complexity index is 497. The first-order valence-electron chi connectivity index (χ1n) is 6.45. The van der Waals surface area contributed by atoms with Crippen LogP contribution in [0.25, 0.3) is 5.69 Å². The summed E-state index contributed by atoms with van der Waals surface area (Å²) < 4.78 is 1.93. The normalized spacial score (nSPS) is 12.9. The molecule has 0 bridgehead atoms. The van der Waals surface area contributed by atoms with Gasteiger partial charge in [0, 0.05) is 12.2 Å². The van der Waals surface area contributed by atoms with Crippen molar-refractivity contribution in [2.24, 2.45) is 0 Å². The topological polar surface area (TPSA) is 29.9 Å². The van der Waals surface area contributed by atoms with Gasteiger partial charge in [0.05, 0.1) is 11.4 Å². The average Bonchev–Trinajstić information content (AvgIpc) is 2.88. The number of aromatic nitrogens is 2. The Labute approximate surface area is 109 Å². The first-order valence-corrected chi connectivity index (χ1v) is 6.45. The Hall–Kier alpha value is -1.61. The summed E-state index contributed by atoms with van der Waals surface area (Å²) in [5.41, 5.74) is 3.52. The van der Waals surface area contributed by atoms with E-state index in [4.69, 9.17) is 0 Å². The standard InChI is InChI=1S/C15H21N3/c1-11(2)15-9-10-18(17-15)14-7-5-13(6-8-14)12(3)16-4/h5-12,16H,1-4H3. The lowest BCUT2D eigenvalue weighted by Gasteiger charge is -2.11. The molecule has 0 saturated heterocycles. The Balaban J connectivity index is 2.23. The molecule has 2 aromatic rings. The SMILES string of the molecule is CNC(C)c1ccc(-n2ccc(C(C)C)n2)cc1. The van der Waals surface area contributed by atoms with Crippen molar-refractivity contribution in [3.05, 3.63) is 47.8 Å². The highest BCUT2D eigenvalue weighted by atomic mass is 15.3. The lowest BCUT2D eigenvalue weighted by molar-refractivity contribution is 0.652. The van der Waals surface area contributed by atoms with E-state index in [9.17, 15) is 0 Å². The largest absolute Gasteiger partial charge is 0.313 e. The maximum absolute atomic E-state index is 4.58. The van der Waals surface area contributed by atoms with Crippen molar-refractivity contribution in [3.63, 3.8) is 0 Å². The van der Waals surface area contributed by atoms with Gasteiger partial charge in [0.1, 0.15) is 0 Å². The molecule has 0 fully saturated rings. The van der Waals surface area contributed by atoms with Crippen molar-refractivity contribution in [1.82, 2.24) is 15.1 Å². The maximum Gasteiger partial charge on any atom is 0.0654 e. The fourth-order valence-corrected chi connectivity index (χ4v) is 1.87. The fraction of sp³-hybridized carbons (Fsp3) is 0.400. The highest BCUT2D eigenvalue weighted by molar-refractivity contribution is 5.35. The zero-order chi connectivity index (χ0) is 13.1. The Morgan fingerprint density at radius 1 is 1.06 bits per heavy atom. The number of nitrogens with zero attached hydrogens (tertiary/aromatic N) is 2. The second kappa shape index (κ2) is 5.36. The molecule has 3 heteroatoms. The van der Waals surface area contributed by atoms with E-state index in [1.165, 1.54) is 5.56 Å². The third-order valence-electron chi connectivity index (χ3n) is 3.29. The molecule has 1 unspecified atom stereocenters. The van der Waals surface area contributed by atoms with Crippen LogP contribution in [-0.2, 0) is 0 Å². The van der Waals surface area contributed by atoms with Gasteiger partial charge in [-0.05, 0) is 43.7 Å². The first kappa shape index (κ1) is 12.8. The Morgan fingerprint density at radius 2 is 1.72 bits per heavy atom. The number of rotatable bonds is 4. The second-order valence-electron chi connectivity index (χ2n) is 4.94. The van der Waals surface area contributed by atoms with Crippen LogP contribution in [0.1, 0.15) is 44.0 Å². The van der Waals surface area contributed by atoms with Gasteiger partial charge in [-0.25, -0.2) is 4.68 Å². The molecule has 0 aliphatic heterocycles. The highest BCUT2D eigenvalue weighted by Crippen LogP contribution is 2.17. The van der Waals surface area contributed by atoms with Crippen LogP contribution >= 0.6 is 0 Å². The molecule has 0 amide bonds. The first-order chi connectivity index (χ1) is 8.61. The molecule has 0 aliphatic rings. The summed E-state index contributed by atoms with van der Waals surface area (Å²) in [6, 6.07) is 11.0. The summed E-state index contributed by atoms with van der Waals surface area (Å²) in [5.74, 6) is 0.467. The predicted molar refractivity (Wildman–Crippen MR) is 75.1 cm³/mol. The Kier molecular flexibility index (Phi) is 3.82. The van der Waals surface area contributed by atoms with Crippen LogP contribution < -0.4 is 5.32 Å². The van der Waals surface area contributed by atoms with Gasteiger partial charge in [-0.1, -0.05) is 26.0 Å². The third-order valence-corrected chi connectivity index (χ3v) is 3.29. The lowest BCUT2D eigenvalue weighted by Crippen LogP contribution is -2.12. The summed E-state index contributed by atoms with van der Waals surface area (Å²) in [5, 5.41) is 7.81. The van der Waals surface area contributed by atoms with Crippen molar-refractivity contribution in [1.29, 1.82) is 0 Å². The number of benzene rings is 1. The molecule has 0 aliphatic carbocycles.